The number of esters is 1. The minimum absolute atomic E-state index is 0.214. The van der Waals surface area contributed by atoms with Gasteiger partial charge in [-0.1, -0.05) is 18.2 Å². The number of hydrogen-bond donors (Lipinski definition) is 0. The summed E-state index contributed by atoms with van der Waals surface area (Å²) in [7, 11) is -3.56. The highest BCUT2D eigenvalue weighted by molar-refractivity contribution is 7.89. The third kappa shape index (κ3) is 3.94. The van der Waals surface area contributed by atoms with E-state index in [1.165, 1.54) is 4.31 Å². The molecule has 7 heteroatoms. The van der Waals surface area contributed by atoms with Gasteiger partial charge in [0.15, 0.2) is 0 Å². The maximum absolute atomic E-state index is 12.8. The van der Waals surface area contributed by atoms with Gasteiger partial charge >= 0.3 is 5.97 Å². The number of piperidine rings is 1. The summed E-state index contributed by atoms with van der Waals surface area (Å²) in [6.07, 6.45) is 4.42. The van der Waals surface area contributed by atoms with Crippen molar-refractivity contribution in [2.45, 2.75) is 24.7 Å². The van der Waals surface area contributed by atoms with E-state index in [0.29, 0.717) is 32.5 Å². The lowest BCUT2D eigenvalue weighted by Gasteiger charge is -2.30. The van der Waals surface area contributed by atoms with Crippen LogP contribution in [0.4, 0.5) is 0 Å². The van der Waals surface area contributed by atoms with Crippen LogP contribution in [0, 0.1) is 5.92 Å². The monoisotopic (exact) mass is 374 g/mol. The van der Waals surface area contributed by atoms with Crippen molar-refractivity contribution in [3.63, 3.8) is 0 Å². The molecule has 2 aromatic rings. The van der Waals surface area contributed by atoms with E-state index in [-0.39, 0.29) is 16.8 Å². The fourth-order valence-electron chi connectivity index (χ4n) is 3.09. The van der Waals surface area contributed by atoms with Gasteiger partial charge in [0.05, 0.1) is 17.4 Å². The molecule has 0 spiro atoms. The van der Waals surface area contributed by atoms with Gasteiger partial charge in [0, 0.05) is 25.5 Å². The molecule has 1 fully saturated rings. The average molecular weight is 374 g/mol. The van der Waals surface area contributed by atoms with Crippen LogP contribution in [0.15, 0.2) is 53.7 Å². The number of aromatic nitrogens is 1. The summed E-state index contributed by atoms with van der Waals surface area (Å²) in [6.45, 7) is 2.78. The number of carbonyl (C=O) groups is 1. The van der Waals surface area contributed by atoms with Crippen LogP contribution >= 0.6 is 0 Å². The van der Waals surface area contributed by atoms with Crippen molar-refractivity contribution in [3.05, 3.63) is 48.8 Å². The normalized spacial score (nSPS) is 16.3. The van der Waals surface area contributed by atoms with Gasteiger partial charge in [-0.05, 0) is 49.1 Å². The second-order valence-corrected chi connectivity index (χ2v) is 8.13. The van der Waals surface area contributed by atoms with Crippen molar-refractivity contribution in [2.24, 2.45) is 5.92 Å². The molecular formula is C19H22N2O4S. The van der Waals surface area contributed by atoms with Crippen molar-refractivity contribution in [3.8, 4) is 11.1 Å². The van der Waals surface area contributed by atoms with Crippen LogP contribution < -0.4 is 0 Å². The van der Waals surface area contributed by atoms with E-state index < -0.39 is 10.0 Å². The smallest absolute Gasteiger partial charge is 0.309 e. The zero-order chi connectivity index (χ0) is 18.6. The van der Waals surface area contributed by atoms with Crippen LogP contribution in [0.2, 0.25) is 0 Å². The Bertz CT molecular complexity index is 843. The summed E-state index contributed by atoms with van der Waals surface area (Å²) >= 11 is 0. The Balaban J connectivity index is 1.70. The first kappa shape index (κ1) is 18.5. The SMILES string of the molecule is CCOC(=O)C1CCN(S(=O)(=O)c2ccc(-c3cccnc3)cc2)CC1. The summed E-state index contributed by atoms with van der Waals surface area (Å²) in [6, 6.07) is 10.6. The van der Waals surface area contributed by atoms with E-state index in [9.17, 15) is 13.2 Å². The van der Waals surface area contributed by atoms with Gasteiger partial charge in [0.1, 0.15) is 0 Å². The summed E-state index contributed by atoms with van der Waals surface area (Å²) < 4.78 is 32.1. The third-order valence-corrected chi connectivity index (χ3v) is 6.47. The number of nitrogens with zero attached hydrogens (tertiary/aromatic N) is 2. The lowest BCUT2D eigenvalue weighted by molar-refractivity contribution is -0.149. The maximum Gasteiger partial charge on any atom is 0.309 e. The van der Waals surface area contributed by atoms with Crippen molar-refractivity contribution in [1.82, 2.24) is 9.29 Å². The van der Waals surface area contributed by atoms with E-state index >= 15 is 0 Å². The Labute approximate surface area is 153 Å². The van der Waals surface area contributed by atoms with Gasteiger partial charge in [-0.3, -0.25) is 9.78 Å². The molecule has 1 aromatic heterocycles. The highest BCUT2D eigenvalue weighted by Crippen LogP contribution is 2.26. The number of carbonyl (C=O) groups excluding carboxylic acids is 1. The van der Waals surface area contributed by atoms with Crippen LogP contribution in [0.25, 0.3) is 11.1 Å². The minimum atomic E-state index is -3.56. The first-order valence-electron chi connectivity index (χ1n) is 8.69. The van der Waals surface area contributed by atoms with Crippen LogP contribution in [-0.4, -0.2) is 43.4 Å². The molecular weight excluding hydrogens is 352 g/mol. The lowest BCUT2D eigenvalue weighted by atomic mass is 9.98. The number of sulfonamides is 1. The molecule has 0 unspecified atom stereocenters. The molecule has 0 amide bonds. The standard InChI is InChI=1S/C19H22N2O4S/c1-2-25-19(22)16-9-12-21(13-10-16)26(23,24)18-7-5-15(6-8-18)17-4-3-11-20-14-17/h3-8,11,14,16H,2,9-10,12-13H2,1H3. The Hall–Kier alpha value is -2.25. The molecule has 1 aromatic carbocycles. The van der Waals surface area contributed by atoms with Crippen LogP contribution in [-0.2, 0) is 19.6 Å². The molecule has 0 bridgehead atoms. The number of ether oxygens (including phenoxy) is 1. The first-order valence-corrected chi connectivity index (χ1v) is 10.1. The quantitative estimate of drug-likeness (QED) is 0.752. The van der Waals surface area contributed by atoms with E-state index in [4.69, 9.17) is 4.74 Å². The van der Waals surface area contributed by atoms with Gasteiger partial charge in [0.2, 0.25) is 10.0 Å². The summed E-state index contributed by atoms with van der Waals surface area (Å²) in [5.41, 5.74) is 1.85. The molecule has 3 rings (SSSR count). The number of pyridine rings is 1. The van der Waals surface area contributed by atoms with Gasteiger partial charge in [-0.15, -0.1) is 0 Å². The Morgan fingerprint density at radius 3 is 2.42 bits per heavy atom. The highest BCUT2D eigenvalue weighted by atomic mass is 32.2. The van der Waals surface area contributed by atoms with Crippen LogP contribution in [0.1, 0.15) is 19.8 Å². The van der Waals surface area contributed by atoms with Gasteiger partial charge in [-0.25, -0.2) is 8.42 Å². The predicted molar refractivity (Wildman–Crippen MR) is 97.8 cm³/mol. The molecule has 0 aliphatic carbocycles. The summed E-state index contributed by atoms with van der Waals surface area (Å²) in [5.74, 6) is -0.445. The molecule has 26 heavy (non-hydrogen) atoms. The molecule has 0 atom stereocenters. The summed E-state index contributed by atoms with van der Waals surface area (Å²) in [5, 5.41) is 0. The molecule has 1 aliphatic heterocycles. The van der Waals surface area contributed by atoms with Crippen molar-refractivity contribution in [1.29, 1.82) is 0 Å². The van der Waals surface area contributed by atoms with Crippen molar-refractivity contribution >= 4 is 16.0 Å². The molecule has 6 nitrogen and oxygen atoms in total. The second kappa shape index (κ2) is 7.97. The van der Waals surface area contributed by atoms with Gasteiger partial charge in [0.25, 0.3) is 0 Å². The summed E-state index contributed by atoms with van der Waals surface area (Å²) in [4.78, 5) is 16.1. The lowest BCUT2D eigenvalue weighted by Crippen LogP contribution is -2.40. The number of benzene rings is 1. The Morgan fingerprint density at radius 2 is 1.85 bits per heavy atom. The van der Waals surface area contributed by atoms with Gasteiger partial charge in [-0.2, -0.15) is 4.31 Å². The Kier molecular flexibility index (Phi) is 5.68. The maximum atomic E-state index is 12.8. The van der Waals surface area contributed by atoms with Crippen LogP contribution in [0.3, 0.4) is 0 Å². The Morgan fingerprint density at radius 1 is 1.15 bits per heavy atom. The van der Waals surface area contributed by atoms with E-state index in [2.05, 4.69) is 4.98 Å². The predicted octanol–water partition coefficient (Wildman–Crippen LogP) is 2.71. The molecule has 0 N–H and O–H groups in total. The van der Waals surface area contributed by atoms with Crippen molar-refractivity contribution < 1.29 is 17.9 Å². The van der Waals surface area contributed by atoms with Crippen LogP contribution in [0.5, 0.6) is 0 Å². The fourth-order valence-corrected chi connectivity index (χ4v) is 4.56. The zero-order valence-corrected chi connectivity index (χ0v) is 15.5. The van der Waals surface area contributed by atoms with E-state index in [1.807, 2.05) is 12.1 Å². The second-order valence-electron chi connectivity index (χ2n) is 6.20. The molecule has 138 valence electrons. The third-order valence-electron chi connectivity index (χ3n) is 4.56. The van der Waals surface area contributed by atoms with Crippen molar-refractivity contribution in [2.75, 3.05) is 19.7 Å². The highest BCUT2D eigenvalue weighted by Gasteiger charge is 2.32. The zero-order valence-electron chi connectivity index (χ0n) is 14.7. The van der Waals surface area contributed by atoms with Gasteiger partial charge < -0.3 is 4.74 Å². The van der Waals surface area contributed by atoms with E-state index in [0.717, 1.165) is 11.1 Å². The molecule has 2 heterocycles. The largest absolute Gasteiger partial charge is 0.466 e. The average Bonchev–Trinajstić information content (AvgIpc) is 2.69. The number of hydrogen-bond acceptors (Lipinski definition) is 5. The fraction of sp³-hybridized carbons (Fsp3) is 0.368. The number of rotatable bonds is 5. The topological polar surface area (TPSA) is 76.6 Å². The van der Waals surface area contributed by atoms with E-state index in [1.54, 1.807) is 43.6 Å². The first-order chi connectivity index (χ1) is 12.5. The minimum Gasteiger partial charge on any atom is -0.466 e. The molecule has 1 saturated heterocycles. The molecule has 0 saturated carbocycles. The molecule has 0 radical (unpaired) electrons. The molecule has 1 aliphatic rings.